The molecule has 0 aliphatic carbocycles. The molecular formula is C21H23NO6. The van der Waals surface area contributed by atoms with E-state index in [0.717, 1.165) is 5.56 Å². The first kappa shape index (κ1) is 19.4. The van der Waals surface area contributed by atoms with Gasteiger partial charge < -0.3 is 29.0 Å². The van der Waals surface area contributed by atoms with Crippen molar-refractivity contribution in [1.82, 2.24) is 5.32 Å². The van der Waals surface area contributed by atoms with E-state index in [0.29, 0.717) is 41.9 Å². The quantitative estimate of drug-likeness (QED) is 0.739. The van der Waals surface area contributed by atoms with Gasteiger partial charge in [-0.05, 0) is 35.9 Å². The highest BCUT2D eigenvalue weighted by Gasteiger charge is 2.20. The van der Waals surface area contributed by atoms with Crippen LogP contribution in [-0.2, 0) is 4.79 Å². The van der Waals surface area contributed by atoms with Crippen LogP contribution >= 0.6 is 0 Å². The monoisotopic (exact) mass is 385 g/mol. The van der Waals surface area contributed by atoms with E-state index >= 15 is 0 Å². The van der Waals surface area contributed by atoms with Crippen LogP contribution in [-0.4, -0.2) is 46.5 Å². The van der Waals surface area contributed by atoms with Crippen LogP contribution in [0.2, 0.25) is 0 Å². The molecule has 0 saturated heterocycles. The SMILES string of the molecule is COc1cc(/C=C/C(=O)NC[C@@H]2COc3ccccc3O2)cc(OC)c1OC. The number of amides is 1. The summed E-state index contributed by atoms with van der Waals surface area (Å²) in [4.78, 5) is 12.2. The molecule has 148 valence electrons. The molecule has 1 aliphatic heterocycles. The minimum absolute atomic E-state index is 0.240. The Bertz CT molecular complexity index is 839. The van der Waals surface area contributed by atoms with Crippen LogP contribution in [0, 0.1) is 0 Å². The first-order chi connectivity index (χ1) is 13.6. The number of fused-ring (bicyclic) bond motifs is 1. The minimum Gasteiger partial charge on any atom is -0.493 e. The molecule has 0 aromatic heterocycles. The second-order valence-electron chi connectivity index (χ2n) is 6.03. The Morgan fingerprint density at radius 2 is 1.79 bits per heavy atom. The zero-order valence-corrected chi connectivity index (χ0v) is 16.1. The Labute approximate surface area is 163 Å². The van der Waals surface area contributed by atoms with Gasteiger partial charge in [-0.2, -0.15) is 0 Å². The van der Waals surface area contributed by atoms with Crippen molar-refractivity contribution in [1.29, 1.82) is 0 Å². The first-order valence-electron chi connectivity index (χ1n) is 8.79. The van der Waals surface area contributed by atoms with Crippen molar-refractivity contribution in [2.45, 2.75) is 6.10 Å². The minimum atomic E-state index is -0.242. The van der Waals surface area contributed by atoms with Gasteiger partial charge in [0.15, 0.2) is 23.0 Å². The zero-order chi connectivity index (χ0) is 19.9. The average Bonchev–Trinajstić information content (AvgIpc) is 2.75. The van der Waals surface area contributed by atoms with Gasteiger partial charge in [-0.25, -0.2) is 0 Å². The smallest absolute Gasteiger partial charge is 0.244 e. The summed E-state index contributed by atoms with van der Waals surface area (Å²) < 4.78 is 27.4. The molecule has 0 spiro atoms. The summed E-state index contributed by atoms with van der Waals surface area (Å²) in [6, 6.07) is 11.0. The number of hydrogen-bond donors (Lipinski definition) is 1. The first-order valence-corrected chi connectivity index (χ1v) is 8.79. The van der Waals surface area contributed by atoms with E-state index < -0.39 is 0 Å². The number of nitrogens with one attached hydrogen (secondary N) is 1. The van der Waals surface area contributed by atoms with Crippen LogP contribution in [0.15, 0.2) is 42.5 Å². The van der Waals surface area contributed by atoms with E-state index in [2.05, 4.69) is 5.32 Å². The fourth-order valence-electron chi connectivity index (χ4n) is 2.81. The van der Waals surface area contributed by atoms with Crippen molar-refractivity contribution in [3.05, 3.63) is 48.0 Å². The molecule has 2 aromatic carbocycles. The van der Waals surface area contributed by atoms with Crippen LogP contribution in [0.25, 0.3) is 6.08 Å². The number of benzene rings is 2. The fraction of sp³-hybridized carbons (Fsp3) is 0.286. The third-order valence-electron chi connectivity index (χ3n) is 4.19. The Kier molecular flexibility index (Phi) is 6.26. The molecule has 1 amide bonds. The third-order valence-corrected chi connectivity index (χ3v) is 4.19. The molecule has 0 bridgehead atoms. The normalized spacial score (nSPS) is 15.2. The number of rotatable bonds is 7. The van der Waals surface area contributed by atoms with E-state index in [4.69, 9.17) is 23.7 Å². The van der Waals surface area contributed by atoms with Crippen molar-refractivity contribution < 1.29 is 28.5 Å². The van der Waals surface area contributed by atoms with Gasteiger partial charge in [-0.15, -0.1) is 0 Å². The summed E-state index contributed by atoms with van der Waals surface area (Å²) in [5, 5.41) is 2.82. The highest BCUT2D eigenvalue weighted by molar-refractivity contribution is 5.91. The summed E-state index contributed by atoms with van der Waals surface area (Å²) in [5.41, 5.74) is 0.746. The van der Waals surface area contributed by atoms with Crippen molar-refractivity contribution >= 4 is 12.0 Å². The molecular weight excluding hydrogens is 362 g/mol. The molecule has 1 N–H and O–H groups in total. The number of methoxy groups -OCH3 is 3. The average molecular weight is 385 g/mol. The van der Waals surface area contributed by atoms with Gasteiger partial charge in [-0.1, -0.05) is 12.1 Å². The van der Waals surface area contributed by atoms with Gasteiger partial charge in [0.05, 0.1) is 27.9 Å². The lowest BCUT2D eigenvalue weighted by molar-refractivity contribution is -0.116. The van der Waals surface area contributed by atoms with E-state index in [9.17, 15) is 4.79 Å². The molecule has 7 heteroatoms. The molecule has 1 aliphatic rings. The molecule has 1 heterocycles. The van der Waals surface area contributed by atoms with E-state index in [1.807, 2.05) is 24.3 Å². The maximum atomic E-state index is 12.2. The number of ether oxygens (including phenoxy) is 5. The summed E-state index contributed by atoms with van der Waals surface area (Å²) in [7, 11) is 4.63. The fourth-order valence-corrected chi connectivity index (χ4v) is 2.81. The molecule has 0 saturated carbocycles. The van der Waals surface area contributed by atoms with Crippen LogP contribution in [0.1, 0.15) is 5.56 Å². The van der Waals surface area contributed by atoms with E-state index in [-0.39, 0.29) is 12.0 Å². The number of carbonyl (C=O) groups excluding carboxylic acids is 1. The molecule has 0 radical (unpaired) electrons. The molecule has 1 atom stereocenters. The van der Waals surface area contributed by atoms with Gasteiger partial charge in [0, 0.05) is 6.08 Å². The summed E-state index contributed by atoms with van der Waals surface area (Å²) in [5.74, 6) is 2.70. The van der Waals surface area contributed by atoms with Crippen molar-refractivity contribution in [2.24, 2.45) is 0 Å². The van der Waals surface area contributed by atoms with Crippen LogP contribution < -0.4 is 29.0 Å². The van der Waals surface area contributed by atoms with E-state index in [1.54, 1.807) is 39.5 Å². The zero-order valence-electron chi connectivity index (χ0n) is 16.1. The second kappa shape index (κ2) is 9.03. The lowest BCUT2D eigenvalue weighted by Gasteiger charge is -2.26. The van der Waals surface area contributed by atoms with Gasteiger partial charge in [-0.3, -0.25) is 4.79 Å². The summed E-state index contributed by atoms with van der Waals surface area (Å²) in [6.07, 6.45) is 2.87. The topological polar surface area (TPSA) is 75.3 Å². The Hall–Kier alpha value is -3.35. The van der Waals surface area contributed by atoms with Gasteiger partial charge >= 0.3 is 0 Å². The number of para-hydroxylation sites is 2. The molecule has 0 fully saturated rings. The van der Waals surface area contributed by atoms with Crippen molar-refractivity contribution in [2.75, 3.05) is 34.5 Å². The summed E-state index contributed by atoms with van der Waals surface area (Å²) in [6.45, 7) is 0.723. The predicted molar refractivity (Wildman–Crippen MR) is 104 cm³/mol. The van der Waals surface area contributed by atoms with Crippen molar-refractivity contribution in [3.8, 4) is 28.7 Å². The van der Waals surface area contributed by atoms with Crippen LogP contribution in [0.5, 0.6) is 28.7 Å². The highest BCUT2D eigenvalue weighted by Crippen LogP contribution is 2.38. The molecule has 7 nitrogen and oxygen atoms in total. The molecule has 28 heavy (non-hydrogen) atoms. The maximum Gasteiger partial charge on any atom is 0.244 e. The predicted octanol–water partition coefficient (Wildman–Crippen LogP) is 2.68. The van der Waals surface area contributed by atoms with Gasteiger partial charge in [0.25, 0.3) is 0 Å². The Morgan fingerprint density at radius 3 is 2.43 bits per heavy atom. The van der Waals surface area contributed by atoms with Crippen molar-refractivity contribution in [3.63, 3.8) is 0 Å². The highest BCUT2D eigenvalue weighted by atomic mass is 16.6. The molecule has 0 unspecified atom stereocenters. The van der Waals surface area contributed by atoms with E-state index in [1.165, 1.54) is 6.08 Å². The standard InChI is InChI=1S/C21H23NO6/c1-24-18-10-14(11-19(25-2)21(18)26-3)8-9-20(23)22-12-15-13-27-16-6-4-5-7-17(16)28-15/h4-11,15H,12-13H2,1-3H3,(H,22,23)/b9-8+/t15-/m1/s1. The largest absolute Gasteiger partial charge is 0.493 e. The second-order valence-corrected chi connectivity index (χ2v) is 6.03. The number of hydrogen-bond acceptors (Lipinski definition) is 6. The van der Waals surface area contributed by atoms with Crippen LogP contribution in [0.3, 0.4) is 0 Å². The lowest BCUT2D eigenvalue weighted by Crippen LogP contribution is -2.40. The van der Waals surface area contributed by atoms with Gasteiger partial charge in [0.1, 0.15) is 12.7 Å². The number of carbonyl (C=O) groups is 1. The molecule has 2 aromatic rings. The Balaban J connectivity index is 1.58. The third kappa shape index (κ3) is 4.49. The van der Waals surface area contributed by atoms with Gasteiger partial charge in [0.2, 0.25) is 11.7 Å². The Morgan fingerprint density at radius 1 is 1.11 bits per heavy atom. The summed E-state index contributed by atoms with van der Waals surface area (Å²) >= 11 is 0. The molecule has 3 rings (SSSR count). The van der Waals surface area contributed by atoms with Crippen LogP contribution in [0.4, 0.5) is 0 Å². The lowest BCUT2D eigenvalue weighted by atomic mass is 10.1. The maximum absolute atomic E-state index is 12.2.